The van der Waals surface area contributed by atoms with Gasteiger partial charge in [0.25, 0.3) is 5.91 Å². The van der Waals surface area contributed by atoms with E-state index in [0.717, 1.165) is 6.07 Å². The van der Waals surface area contributed by atoms with Crippen molar-refractivity contribution in [2.75, 3.05) is 13.7 Å². The van der Waals surface area contributed by atoms with E-state index in [4.69, 9.17) is 4.74 Å². The van der Waals surface area contributed by atoms with Crippen LogP contribution in [0, 0.1) is 5.82 Å². The van der Waals surface area contributed by atoms with Gasteiger partial charge in [-0.2, -0.15) is 0 Å². The Labute approximate surface area is 150 Å². The van der Waals surface area contributed by atoms with Crippen molar-refractivity contribution in [3.05, 3.63) is 65.5 Å². The summed E-state index contributed by atoms with van der Waals surface area (Å²) in [6.07, 6.45) is 0. The van der Waals surface area contributed by atoms with Crippen LogP contribution in [0.2, 0.25) is 0 Å². The lowest BCUT2D eigenvalue weighted by Gasteiger charge is -2.08. The normalized spacial score (nSPS) is 11.0. The number of hydrogen-bond acceptors (Lipinski definition) is 5. The summed E-state index contributed by atoms with van der Waals surface area (Å²) >= 11 is 0. The van der Waals surface area contributed by atoms with E-state index in [0.29, 0.717) is 5.56 Å². The Morgan fingerprint density at radius 1 is 1.12 bits per heavy atom. The molecule has 2 N–H and O–H groups in total. The Bertz CT molecular complexity index is 898. The van der Waals surface area contributed by atoms with Crippen LogP contribution >= 0.6 is 0 Å². The Morgan fingerprint density at radius 3 is 2.46 bits per heavy atom. The smallest absolute Gasteiger partial charge is 0.338 e. The van der Waals surface area contributed by atoms with Crippen LogP contribution in [0.15, 0.2) is 53.4 Å². The molecule has 26 heavy (non-hydrogen) atoms. The fraction of sp³-hybridized carbons (Fsp3) is 0.176. The highest BCUT2D eigenvalue weighted by atomic mass is 32.2. The molecule has 0 spiro atoms. The molecule has 0 bridgehead atoms. The predicted octanol–water partition coefficient (Wildman–Crippen LogP) is 1.21. The lowest BCUT2D eigenvalue weighted by Crippen LogP contribution is -2.28. The Balaban J connectivity index is 1.89. The highest BCUT2D eigenvalue weighted by molar-refractivity contribution is 7.89. The first kappa shape index (κ1) is 19.5. The van der Waals surface area contributed by atoms with Crippen LogP contribution in [0.1, 0.15) is 15.9 Å². The minimum Gasteiger partial charge on any atom is -0.452 e. The number of amides is 1. The van der Waals surface area contributed by atoms with Gasteiger partial charge in [0.05, 0.1) is 10.5 Å². The molecule has 0 saturated carbocycles. The largest absolute Gasteiger partial charge is 0.452 e. The van der Waals surface area contributed by atoms with Crippen molar-refractivity contribution in [3.63, 3.8) is 0 Å². The highest BCUT2D eigenvalue weighted by Gasteiger charge is 2.16. The van der Waals surface area contributed by atoms with Crippen molar-refractivity contribution in [1.82, 2.24) is 10.0 Å². The van der Waals surface area contributed by atoms with E-state index in [1.807, 2.05) is 0 Å². The maximum absolute atomic E-state index is 12.8. The molecule has 0 atom stereocenters. The van der Waals surface area contributed by atoms with Crippen LogP contribution in [-0.2, 0) is 26.1 Å². The Kier molecular flexibility index (Phi) is 6.42. The molecule has 2 rings (SSSR count). The molecule has 2 aromatic rings. The van der Waals surface area contributed by atoms with E-state index in [1.54, 1.807) is 0 Å². The van der Waals surface area contributed by atoms with Gasteiger partial charge in [0, 0.05) is 6.54 Å². The third-order valence-electron chi connectivity index (χ3n) is 3.39. The van der Waals surface area contributed by atoms with E-state index in [-0.39, 0.29) is 22.8 Å². The average Bonchev–Trinajstić information content (AvgIpc) is 2.65. The first-order chi connectivity index (χ1) is 12.3. The molecule has 0 fully saturated rings. The fourth-order valence-corrected chi connectivity index (χ4v) is 2.75. The Morgan fingerprint density at radius 2 is 1.81 bits per heavy atom. The summed E-state index contributed by atoms with van der Waals surface area (Å²) in [5.74, 6) is -1.74. The minimum atomic E-state index is -3.69. The maximum atomic E-state index is 12.8. The predicted molar refractivity (Wildman–Crippen MR) is 91.2 cm³/mol. The second kappa shape index (κ2) is 8.54. The number of rotatable bonds is 7. The van der Waals surface area contributed by atoms with Gasteiger partial charge in [-0.05, 0) is 42.9 Å². The summed E-state index contributed by atoms with van der Waals surface area (Å²) in [6.45, 7) is -0.365. The van der Waals surface area contributed by atoms with Crippen LogP contribution in [0.25, 0.3) is 0 Å². The second-order valence-corrected chi connectivity index (χ2v) is 7.10. The second-order valence-electron chi connectivity index (χ2n) is 5.21. The molecule has 0 aliphatic carbocycles. The number of benzene rings is 2. The van der Waals surface area contributed by atoms with Gasteiger partial charge in [-0.1, -0.05) is 18.2 Å². The molecule has 0 radical (unpaired) electrons. The highest BCUT2D eigenvalue weighted by Crippen LogP contribution is 2.12. The standard InChI is InChI=1S/C17H17FN2O5S/c1-19-26(23,24)15-4-2-3-13(9-15)17(22)25-11-16(21)20-10-12-5-7-14(18)8-6-12/h2-9,19H,10-11H2,1H3,(H,20,21). The number of nitrogens with one attached hydrogen (secondary N) is 2. The van der Waals surface area contributed by atoms with Crippen molar-refractivity contribution in [1.29, 1.82) is 0 Å². The number of ether oxygens (including phenoxy) is 1. The first-order valence-corrected chi connectivity index (χ1v) is 9.02. The molecular formula is C17H17FN2O5S. The molecule has 2 aromatic carbocycles. The molecule has 0 aliphatic heterocycles. The van der Waals surface area contributed by atoms with E-state index in [1.165, 1.54) is 49.5 Å². The number of halogens is 1. The molecule has 0 aromatic heterocycles. The first-order valence-electron chi connectivity index (χ1n) is 7.54. The average molecular weight is 380 g/mol. The van der Waals surface area contributed by atoms with E-state index in [9.17, 15) is 22.4 Å². The van der Waals surface area contributed by atoms with Crippen LogP contribution in [0.5, 0.6) is 0 Å². The van der Waals surface area contributed by atoms with Crippen molar-refractivity contribution in [2.45, 2.75) is 11.4 Å². The Hall–Kier alpha value is -2.78. The summed E-state index contributed by atoms with van der Waals surface area (Å²) in [5.41, 5.74) is 0.698. The van der Waals surface area contributed by atoms with Gasteiger partial charge in [-0.25, -0.2) is 22.3 Å². The van der Waals surface area contributed by atoms with Crippen molar-refractivity contribution >= 4 is 21.9 Å². The lowest BCUT2D eigenvalue weighted by molar-refractivity contribution is -0.124. The summed E-state index contributed by atoms with van der Waals surface area (Å²) < 4.78 is 43.3. The quantitative estimate of drug-likeness (QED) is 0.703. The maximum Gasteiger partial charge on any atom is 0.338 e. The molecule has 138 valence electrons. The molecule has 9 heteroatoms. The van der Waals surface area contributed by atoms with Gasteiger partial charge in [0.2, 0.25) is 10.0 Å². The monoisotopic (exact) mass is 380 g/mol. The van der Waals surface area contributed by atoms with Crippen LogP contribution < -0.4 is 10.0 Å². The van der Waals surface area contributed by atoms with Gasteiger partial charge >= 0.3 is 5.97 Å². The number of carbonyl (C=O) groups is 2. The summed E-state index contributed by atoms with van der Waals surface area (Å²) in [6, 6.07) is 10.9. The van der Waals surface area contributed by atoms with Gasteiger partial charge in [0.15, 0.2) is 6.61 Å². The SMILES string of the molecule is CNS(=O)(=O)c1cccc(C(=O)OCC(=O)NCc2ccc(F)cc2)c1. The molecular weight excluding hydrogens is 363 g/mol. The molecule has 0 unspecified atom stereocenters. The number of sulfonamides is 1. The van der Waals surface area contributed by atoms with Crippen molar-refractivity contribution in [3.8, 4) is 0 Å². The third kappa shape index (κ3) is 5.36. The summed E-state index contributed by atoms with van der Waals surface area (Å²) in [5, 5.41) is 2.53. The van der Waals surface area contributed by atoms with Gasteiger partial charge in [-0.3, -0.25) is 4.79 Å². The topological polar surface area (TPSA) is 102 Å². The van der Waals surface area contributed by atoms with Gasteiger partial charge < -0.3 is 10.1 Å². The fourth-order valence-electron chi connectivity index (χ4n) is 1.98. The number of esters is 1. The van der Waals surface area contributed by atoms with Crippen LogP contribution in [0.4, 0.5) is 4.39 Å². The zero-order chi connectivity index (χ0) is 19.2. The van der Waals surface area contributed by atoms with Gasteiger partial charge in [0.1, 0.15) is 5.82 Å². The van der Waals surface area contributed by atoms with Crippen molar-refractivity contribution in [2.24, 2.45) is 0 Å². The van der Waals surface area contributed by atoms with E-state index >= 15 is 0 Å². The molecule has 0 saturated heterocycles. The number of carbonyl (C=O) groups excluding carboxylic acids is 2. The van der Waals surface area contributed by atoms with E-state index < -0.39 is 28.5 Å². The molecule has 0 aliphatic rings. The van der Waals surface area contributed by atoms with Crippen molar-refractivity contribution < 1.29 is 27.1 Å². The zero-order valence-corrected chi connectivity index (χ0v) is 14.7. The number of hydrogen-bond donors (Lipinski definition) is 2. The molecule has 7 nitrogen and oxygen atoms in total. The summed E-state index contributed by atoms with van der Waals surface area (Å²) in [4.78, 5) is 23.6. The summed E-state index contributed by atoms with van der Waals surface area (Å²) in [7, 11) is -2.44. The van der Waals surface area contributed by atoms with Crippen LogP contribution in [-0.4, -0.2) is 33.9 Å². The third-order valence-corrected chi connectivity index (χ3v) is 4.80. The van der Waals surface area contributed by atoms with Crippen LogP contribution in [0.3, 0.4) is 0 Å². The lowest BCUT2D eigenvalue weighted by atomic mass is 10.2. The molecule has 1 amide bonds. The minimum absolute atomic E-state index is 0.00709. The zero-order valence-electron chi connectivity index (χ0n) is 13.9. The molecule has 0 heterocycles. The van der Waals surface area contributed by atoms with Gasteiger partial charge in [-0.15, -0.1) is 0 Å². The van der Waals surface area contributed by atoms with E-state index in [2.05, 4.69) is 10.0 Å².